The van der Waals surface area contributed by atoms with Crippen molar-refractivity contribution >= 4 is 0 Å². The van der Waals surface area contributed by atoms with Crippen LogP contribution in [0.15, 0.2) is 33.9 Å². The number of hydrogen-bond donors (Lipinski definition) is 0. The summed E-state index contributed by atoms with van der Waals surface area (Å²) in [6.45, 7) is 9.30. The summed E-state index contributed by atoms with van der Waals surface area (Å²) in [6, 6.07) is 9.13. The van der Waals surface area contributed by atoms with E-state index in [-0.39, 0.29) is 21.2 Å². The lowest BCUT2D eigenvalue weighted by Crippen LogP contribution is -3.61. The molecule has 0 N–H and O–H groups in total. The Balaban J connectivity index is 1.96. The third-order valence-corrected chi connectivity index (χ3v) is 6.84. The first-order valence-electron chi connectivity index (χ1n) is 6.85. The van der Waals surface area contributed by atoms with Gasteiger partial charge in [0.05, 0.1) is 0 Å². The van der Waals surface area contributed by atoms with Gasteiger partial charge in [-0.05, 0) is 49.3 Å². The predicted octanol–water partition coefficient (Wildman–Crippen LogP) is 1.98. The lowest BCUT2D eigenvalue weighted by Gasteiger charge is -2.31. The van der Waals surface area contributed by atoms with Crippen molar-refractivity contribution in [1.29, 1.82) is 0 Å². The third kappa shape index (κ3) is 3.84. The van der Waals surface area contributed by atoms with Crippen LogP contribution in [0.4, 0.5) is 0 Å². The zero-order valence-corrected chi connectivity index (χ0v) is 14.1. The quantitative estimate of drug-likeness (QED) is 0.712. The van der Waals surface area contributed by atoms with Gasteiger partial charge in [-0.25, -0.2) is 0 Å². The minimum absolute atomic E-state index is 0.0978. The Morgan fingerprint density at radius 2 is 1.78 bits per heavy atom. The van der Waals surface area contributed by atoms with E-state index in [4.69, 9.17) is 0 Å². The van der Waals surface area contributed by atoms with Gasteiger partial charge in [-0.3, -0.25) is 0 Å². The van der Waals surface area contributed by atoms with Crippen LogP contribution in [0, 0.1) is 21.8 Å². The standard InChI is InChI=1S/C17H24I/c1-13-5-9-15(10-6-13)18-16-11-7-14(8-12-16)17(2,3)4/h5-6,9-11,14H,7-8,12H2,1-4H3/q+1. The average molecular weight is 355 g/mol. The van der Waals surface area contributed by atoms with Crippen LogP contribution in [0.1, 0.15) is 45.6 Å². The minimum atomic E-state index is 0.0978. The molecule has 98 valence electrons. The Morgan fingerprint density at radius 3 is 2.28 bits per heavy atom. The number of aryl methyl sites for hydroxylation is 1. The summed E-state index contributed by atoms with van der Waals surface area (Å²) in [5, 5.41) is 0. The molecule has 1 aromatic rings. The molecular formula is C17H24I+. The van der Waals surface area contributed by atoms with Gasteiger partial charge in [0.15, 0.2) is 7.15 Å². The lowest BCUT2D eigenvalue weighted by molar-refractivity contribution is -0.579. The van der Waals surface area contributed by atoms with E-state index in [1.807, 2.05) is 0 Å². The molecule has 0 fully saturated rings. The van der Waals surface area contributed by atoms with Crippen LogP contribution in [-0.4, -0.2) is 0 Å². The first-order valence-corrected chi connectivity index (χ1v) is 9.01. The van der Waals surface area contributed by atoms with Crippen LogP contribution in [0.3, 0.4) is 0 Å². The van der Waals surface area contributed by atoms with Gasteiger partial charge >= 0.3 is 21.2 Å². The van der Waals surface area contributed by atoms with Crippen LogP contribution in [0.25, 0.3) is 0 Å². The summed E-state index contributed by atoms with van der Waals surface area (Å²) in [6.07, 6.45) is 6.57. The van der Waals surface area contributed by atoms with Crippen molar-refractivity contribution in [3.8, 4) is 0 Å². The monoisotopic (exact) mass is 355 g/mol. The van der Waals surface area contributed by atoms with E-state index in [0.29, 0.717) is 5.41 Å². The molecule has 0 bridgehead atoms. The first-order chi connectivity index (χ1) is 8.45. The first kappa shape index (κ1) is 14.1. The third-order valence-electron chi connectivity index (χ3n) is 3.82. The molecule has 0 spiro atoms. The SMILES string of the molecule is Cc1ccc([I+]C2=CCC(C(C)(C)C)CC2)cc1. The van der Waals surface area contributed by atoms with Crippen molar-refractivity contribution in [2.24, 2.45) is 11.3 Å². The Bertz CT molecular complexity index is 420. The van der Waals surface area contributed by atoms with E-state index < -0.39 is 0 Å². The van der Waals surface area contributed by atoms with E-state index in [1.54, 1.807) is 7.15 Å². The number of hydrogen-bond acceptors (Lipinski definition) is 0. The van der Waals surface area contributed by atoms with Crippen LogP contribution < -0.4 is 21.2 Å². The molecule has 1 unspecified atom stereocenters. The zero-order valence-electron chi connectivity index (χ0n) is 12.0. The molecule has 0 saturated carbocycles. The maximum atomic E-state index is 2.55. The lowest BCUT2D eigenvalue weighted by atomic mass is 9.74. The smallest absolute Gasteiger partial charge is 0.0599 e. The summed E-state index contributed by atoms with van der Waals surface area (Å²) < 4.78 is 3.32. The normalized spacial score (nSPS) is 20.7. The molecule has 1 aliphatic rings. The van der Waals surface area contributed by atoms with Crippen LogP contribution in [-0.2, 0) is 0 Å². The van der Waals surface area contributed by atoms with E-state index >= 15 is 0 Å². The molecule has 0 radical (unpaired) electrons. The van der Waals surface area contributed by atoms with Crippen LogP contribution in [0.2, 0.25) is 0 Å². The molecule has 0 aliphatic heterocycles. The highest BCUT2D eigenvalue weighted by Crippen LogP contribution is 2.35. The predicted molar refractivity (Wildman–Crippen MR) is 74.8 cm³/mol. The average Bonchev–Trinajstić information content (AvgIpc) is 2.32. The van der Waals surface area contributed by atoms with E-state index in [2.05, 4.69) is 58.0 Å². The zero-order chi connectivity index (χ0) is 13.2. The second kappa shape index (κ2) is 5.77. The summed E-state index contributed by atoms with van der Waals surface area (Å²) in [7, 11) is 0. The number of rotatable bonds is 2. The van der Waals surface area contributed by atoms with Crippen LogP contribution in [0.5, 0.6) is 0 Å². The van der Waals surface area contributed by atoms with E-state index in [9.17, 15) is 0 Å². The van der Waals surface area contributed by atoms with Gasteiger partial charge in [0, 0.05) is 6.42 Å². The number of halogens is 1. The molecule has 1 aliphatic carbocycles. The summed E-state index contributed by atoms with van der Waals surface area (Å²) in [5.41, 5.74) is 1.85. The largest absolute Gasteiger partial charge is 0.352 e. The van der Waals surface area contributed by atoms with Gasteiger partial charge in [0.2, 0.25) is 0 Å². The Labute approximate surface area is 122 Å². The Kier molecular flexibility index (Phi) is 4.52. The summed E-state index contributed by atoms with van der Waals surface area (Å²) in [4.78, 5) is 0. The van der Waals surface area contributed by atoms with Gasteiger partial charge in [-0.2, -0.15) is 0 Å². The van der Waals surface area contributed by atoms with Gasteiger partial charge < -0.3 is 0 Å². The maximum absolute atomic E-state index is 2.55. The van der Waals surface area contributed by atoms with Gasteiger partial charge in [-0.15, -0.1) is 0 Å². The minimum Gasteiger partial charge on any atom is -0.0599 e. The van der Waals surface area contributed by atoms with E-state index in [0.717, 1.165) is 5.92 Å². The summed E-state index contributed by atoms with van der Waals surface area (Å²) in [5.74, 6) is 0.878. The van der Waals surface area contributed by atoms with Crippen molar-refractivity contribution in [2.75, 3.05) is 0 Å². The topological polar surface area (TPSA) is 0 Å². The van der Waals surface area contributed by atoms with Crippen molar-refractivity contribution < 1.29 is 21.2 Å². The highest BCUT2D eigenvalue weighted by atomic mass is 127. The fraction of sp³-hybridized carbons (Fsp3) is 0.529. The van der Waals surface area contributed by atoms with E-state index in [1.165, 1.54) is 24.8 Å². The highest BCUT2D eigenvalue weighted by molar-refractivity contribution is 5.12. The number of benzene rings is 1. The highest BCUT2D eigenvalue weighted by Gasteiger charge is 2.30. The second-order valence-corrected chi connectivity index (χ2v) is 9.55. The summed E-state index contributed by atoms with van der Waals surface area (Å²) >= 11 is 0.0978. The molecule has 18 heavy (non-hydrogen) atoms. The molecule has 2 rings (SSSR count). The van der Waals surface area contributed by atoms with Crippen LogP contribution >= 0.6 is 0 Å². The molecule has 0 saturated heterocycles. The number of allylic oxidation sites excluding steroid dienone is 2. The Morgan fingerprint density at radius 1 is 1.11 bits per heavy atom. The Hall–Kier alpha value is -0.310. The van der Waals surface area contributed by atoms with Crippen molar-refractivity contribution in [3.63, 3.8) is 0 Å². The fourth-order valence-corrected chi connectivity index (χ4v) is 4.99. The molecular weight excluding hydrogens is 331 g/mol. The van der Waals surface area contributed by atoms with Gasteiger partial charge in [0.1, 0.15) is 0 Å². The molecule has 0 nitrogen and oxygen atoms in total. The molecule has 0 heterocycles. The molecule has 1 aromatic carbocycles. The van der Waals surface area contributed by atoms with Gasteiger partial charge in [0.25, 0.3) is 0 Å². The molecule has 1 atom stereocenters. The van der Waals surface area contributed by atoms with Crippen molar-refractivity contribution in [2.45, 2.75) is 47.0 Å². The molecule has 1 heteroatoms. The van der Waals surface area contributed by atoms with Crippen molar-refractivity contribution in [3.05, 3.63) is 43.1 Å². The fourth-order valence-electron chi connectivity index (χ4n) is 2.41. The second-order valence-electron chi connectivity index (χ2n) is 6.38. The van der Waals surface area contributed by atoms with Crippen molar-refractivity contribution in [1.82, 2.24) is 0 Å². The molecule has 0 aromatic heterocycles. The maximum Gasteiger partial charge on any atom is 0.352 e. The molecule has 0 amide bonds. The van der Waals surface area contributed by atoms with Gasteiger partial charge in [-0.1, -0.05) is 38.5 Å².